The van der Waals surface area contributed by atoms with Gasteiger partial charge in [-0.15, -0.1) is 24.8 Å². The highest BCUT2D eigenvalue weighted by atomic mass is 35.5. The fourth-order valence-electron chi connectivity index (χ4n) is 2.33. The van der Waals surface area contributed by atoms with Crippen LogP contribution in [0.25, 0.3) is 0 Å². The first-order valence-electron chi connectivity index (χ1n) is 6.25. The van der Waals surface area contributed by atoms with E-state index in [0.29, 0.717) is 18.1 Å². The monoisotopic (exact) mass is 270 g/mol. The molecule has 0 amide bonds. The minimum absolute atomic E-state index is 0. The van der Waals surface area contributed by atoms with Crippen LogP contribution in [0.2, 0.25) is 0 Å². The lowest BCUT2D eigenvalue weighted by Crippen LogP contribution is -2.50. The molecule has 0 heterocycles. The van der Waals surface area contributed by atoms with Crippen LogP contribution >= 0.6 is 24.8 Å². The predicted octanol–water partition coefficient (Wildman–Crippen LogP) is 3.27. The molecule has 1 aliphatic rings. The summed E-state index contributed by atoms with van der Waals surface area (Å²) in [4.78, 5) is 0. The van der Waals surface area contributed by atoms with Crippen LogP contribution in [0.5, 0.6) is 0 Å². The minimum atomic E-state index is 0. The summed E-state index contributed by atoms with van der Waals surface area (Å²) in [6.45, 7) is 4.54. The lowest BCUT2D eigenvalue weighted by molar-refractivity contribution is 0.298. The Bertz CT molecular complexity index is 156. The number of hydrogen-bond donors (Lipinski definition) is 2. The highest BCUT2D eigenvalue weighted by Gasteiger charge is 2.22. The van der Waals surface area contributed by atoms with E-state index in [4.69, 9.17) is 5.73 Å². The van der Waals surface area contributed by atoms with E-state index in [0.717, 1.165) is 0 Å². The molecular weight excluding hydrogens is 243 g/mol. The summed E-state index contributed by atoms with van der Waals surface area (Å²) in [6, 6.07) is 1.62. The second-order valence-electron chi connectivity index (χ2n) is 4.76. The van der Waals surface area contributed by atoms with Gasteiger partial charge < -0.3 is 11.1 Å². The SMILES string of the molecule is CCCCC(C)N[C@@H]1CCCC[C@H]1N.Cl.Cl. The zero-order valence-electron chi connectivity index (χ0n) is 10.6. The molecular formula is C12H28Cl2N2. The van der Waals surface area contributed by atoms with E-state index in [1.165, 1.54) is 44.9 Å². The van der Waals surface area contributed by atoms with Crippen molar-refractivity contribution in [2.75, 3.05) is 0 Å². The van der Waals surface area contributed by atoms with Crippen LogP contribution < -0.4 is 11.1 Å². The Morgan fingerprint density at radius 2 is 1.88 bits per heavy atom. The number of hydrogen-bond acceptors (Lipinski definition) is 2. The molecule has 0 bridgehead atoms. The van der Waals surface area contributed by atoms with Gasteiger partial charge in [-0.3, -0.25) is 0 Å². The van der Waals surface area contributed by atoms with Gasteiger partial charge in [-0.2, -0.15) is 0 Å². The molecule has 4 heteroatoms. The maximum Gasteiger partial charge on any atom is 0.0221 e. The van der Waals surface area contributed by atoms with Gasteiger partial charge in [0.15, 0.2) is 0 Å². The highest BCUT2D eigenvalue weighted by molar-refractivity contribution is 5.85. The number of rotatable bonds is 5. The lowest BCUT2D eigenvalue weighted by atomic mass is 9.90. The zero-order valence-corrected chi connectivity index (χ0v) is 12.2. The molecule has 0 aromatic heterocycles. The second-order valence-corrected chi connectivity index (χ2v) is 4.76. The van der Waals surface area contributed by atoms with Crippen LogP contribution in [0.1, 0.15) is 58.8 Å². The summed E-state index contributed by atoms with van der Waals surface area (Å²) in [6.07, 6.45) is 9.07. The Morgan fingerprint density at radius 1 is 1.25 bits per heavy atom. The molecule has 3 atom stereocenters. The fourth-order valence-corrected chi connectivity index (χ4v) is 2.33. The van der Waals surface area contributed by atoms with Gasteiger partial charge in [-0.05, 0) is 26.2 Å². The smallest absolute Gasteiger partial charge is 0.0221 e. The first-order valence-corrected chi connectivity index (χ1v) is 6.25. The Balaban J connectivity index is 0. The first kappa shape index (κ1) is 18.9. The third kappa shape index (κ3) is 6.95. The van der Waals surface area contributed by atoms with E-state index < -0.39 is 0 Å². The molecule has 0 radical (unpaired) electrons. The van der Waals surface area contributed by atoms with E-state index in [2.05, 4.69) is 19.2 Å². The van der Waals surface area contributed by atoms with Crippen LogP contribution in [0.4, 0.5) is 0 Å². The standard InChI is InChI=1S/C12H26N2.2ClH/c1-3-4-7-10(2)14-12-9-6-5-8-11(12)13;;/h10-12,14H,3-9,13H2,1-2H3;2*1H/t10?,11-,12-;;/m1../s1. The van der Waals surface area contributed by atoms with Crippen molar-refractivity contribution in [3.63, 3.8) is 0 Å². The van der Waals surface area contributed by atoms with E-state index in [1.807, 2.05) is 0 Å². The molecule has 2 nitrogen and oxygen atoms in total. The van der Waals surface area contributed by atoms with E-state index in [1.54, 1.807) is 0 Å². The number of nitrogens with one attached hydrogen (secondary N) is 1. The van der Waals surface area contributed by atoms with Gasteiger partial charge in [-0.25, -0.2) is 0 Å². The van der Waals surface area contributed by atoms with E-state index in [-0.39, 0.29) is 24.8 Å². The van der Waals surface area contributed by atoms with Crippen molar-refractivity contribution in [3.05, 3.63) is 0 Å². The largest absolute Gasteiger partial charge is 0.326 e. The van der Waals surface area contributed by atoms with Crippen molar-refractivity contribution in [1.82, 2.24) is 5.32 Å². The van der Waals surface area contributed by atoms with Crippen molar-refractivity contribution in [2.24, 2.45) is 5.73 Å². The van der Waals surface area contributed by atoms with E-state index >= 15 is 0 Å². The van der Waals surface area contributed by atoms with Gasteiger partial charge in [0.2, 0.25) is 0 Å². The molecule has 0 aromatic carbocycles. The quantitative estimate of drug-likeness (QED) is 0.805. The molecule has 1 unspecified atom stereocenters. The number of unbranched alkanes of at least 4 members (excludes halogenated alkanes) is 1. The molecule has 1 rings (SSSR count). The molecule has 0 aliphatic heterocycles. The fraction of sp³-hybridized carbons (Fsp3) is 1.00. The molecule has 1 saturated carbocycles. The van der Waals surface area contributed by atoms with Gasteiger partial charge in [0, 0.05) is 18.1 Å². The Hall–Kier alpha value is 0.500. The van der Waals surface area contributed by atoms with Crippen LogP contribution in [-0.2, 0) is 0 Å². The van der Waals surface area contributed by atoms with Crippen LogP contribution in [0.15, 0.2) is 0 Å². The van der Waals surface area contributed by atoms with Gasteiger partial charge in [0.1, 0.15) is 0 Å². The van der Waals surface area contributed by atoms with Gasteiger partial charge in [0.25, 0.3) is 0 Å². The van der Waals surface area contributed by atoms with Crippen LogP contribution in [0, 0.1) is 0 Å². The molecule has 3 N–H and O–H groups in total. The third-order valence-corrected chi connectivity index (χ3v) is 3.31. The molecule has 1 fully saturated rings. The average Bonchev–Trinajstić information content (AvgIpc) is 2.18. The van der Waals surface area contributed by atoms with Crippen molar-refractivity contribution in [2.45, 2.75) is 76.9 Å². The Morgan fingerprint density at radius 3 is 2.44 bits per heavy atom. The summed E-state index contributed by atoms with van der Waals surface area (Å²) in [5.74, 6) is 0. The summed E-state index contributed by atoms with van der Waals surface area (Å²) in [5.41, 5.74) is 6.09. The average molecular weight is 271 g/mol. The van der Waals surface area contributed by atoms with Crippen LogP contribution in [0.3, 0.4) is 0 Å². The normalized spacial score (nSPS) is 26.4. The lowest BCUT2D eigenvalue weighted by Gasteiger charge is -2.32. The van der Waals surface area contributed by atoms with Crippen molar-refractivity contribution < 1.29 is 0 Å². The molecule has 16 heavy (non-hydrogen) atoms. The van der Waals surface area contributed by atoms with Crippen molar-refractivity contribution in [3.8, 4) is 0 Å². The van der Waals surface area contributed by atoms with Crippen LogP contribution in [-0.4, -0.2) is 18.1 Å². The third-order valence-electron chi connectivity index (χ3n) is 3.31. The molecule has 0 spiro atoms. The first-order chi connectivity index (χ1) is 6.74. The second kappa shape index (κ2) is 10.6. The summed E-state index contributed by atoms with van der Waals surface area (Å²) < 4.78 is 0. The zero-order chi connectivity index (χ0) is 10.4. The molecule has 0 aromatic rings. The molecule has 100 valence electrons. The number of nitrogens with two attached hydrogens (primary N) is 1. The summed E-state index contributed by atoms with van der Waals surface area (Å²) in [5, 5.41) is 3.68. The van der Waals surface area contributed by atoms with Gasteiger partial charge >= 0.3 is 0 Å². The Kier molecular flexibility index (Phi) is 12.5. The predicted molar refractivity (Wildman–Crippen MR) is 76.9 cm³/mol. The topological polar surface area (TPSA) is 38.0 Å². The maximum absolute atomic E-state index is 6.09. The van der Waals surface area contributed by atoms with Crippen molar-refractivity contribution in [1.29, 1.82) is 0 Å². The van der Waals surface area contributed by atoms with E-state index in [9.17, 15) is 0 Å². The highest BCUT2D eigenvalue weighted by Crippen LogP contribution is 2.17. The minimum Gasteiger partial charge on any atom is -0.326 e. The van der Waals surface area contributed by atoms with Gasteiger partial charge in [0.05, 0.1) is 0 Å². The number of halogens is 2. The molecule has 1 aliphatic carbocycles. The maximum atomic E-state index is 6.09. The summed E-state index contributed by atoms with van der Waals surface area (Å²) >= 11 is 0. The molecule has 0 saturated heterocycles. The summed E-state index contributed by atoms with van der Waals surface area (Å²) in [7, 11) is 0. The van der Waals surface area contributed by atoms with Gasteiger partial charge in [-0.1, -0.05) is 32.6 Å². The van der Waals surface area contributed by atoms with Crippen molar-refractivity contribution >= 4 is 24.8 Å². The Labute approximate surface area is 113 Å².